The van der Waals surface area contributed by atoms with Crippen molar-refractivity contribution in [2.24, 2.45) is 0 Å². The number of methoxy groups -OCH3 is 2. The molecule has 0 saturated heterocycles. The number of hydrogen-bond acceptors (Lipinski definition) is 6. The number of benzene rings is 1. The van der Waals surface area contributed by atoms with Crippen molar-refractivity contribution in [1.82, 2.24) is 5.16 Å². The molecule has 2 rings (SSSR count). The lowest BCUT2D eigenvalue weighted by Gasteiger charge is -2.19. The standard InChI is InChI=1S/C14H18N2O5S/c1-9-6-11(19-4)12(20-5)8-13(9)22(17,18)16(3)14-7-10(2)21-15-14/h6-8H,1-5H3. The SMILES string of the molecule is COc1cc(C)c(S(=O)(=O)N(C)c2cc(C)on2)cc1OC. The maximum atomic E-state index is 12.8. The van der Waals surface area contributed by atoms with Crippen LogP contribution in [0.3, 0.4) is 0 Å². The number of aromatic nitrogens is 1. The highest BCUT2D eigenvalue weighted by molar-refractivity contribution is 7.92. The van der Waals surface area contributed by atoms with Crippen LogP contribution in [0.4, 0.5) is 5.82 Å². The van der Waals surface area contributed by atoms with Crippen LogP contribution >= 0.6 is 0 Å². The van der Waals surface area contributed by atoms with Crippen LogP contribution in [0.25, 0.3) is 0 Å². The quantitative estimate of drug-likeness (QED) is 0.837. The molecule has 0 radical (unpaired) electrons. The van der Waals surface area contributed by atoms with E-state index in [1.807, 2.05) is 0 Å². The first kappa shape index (κ1) is 16.2. The Hall–Kier alpha value is -2.22. The van der Waals surface area contributed by atoms with Crippen molar-refractivity contribution in [3.8, 4) is 11.5 Å². The van der Waals surface area contributed by atoms with E-state index in [1.165, 1.54) is 27.3 Å². The molecule has 8 heteroatoms. The third kappa shape index (κ3) is 2.74. The van der Waals surface area contributed by atoms with Gasteiger partial charge >= 0.3 is 0 Å². The van der Waals surface area contributed by atoms with Crippen molar-refractivity contribution in [3.05, 3.63) is 29.5 Å². The highest BCUT2D eigenvalue weighted by atomic mass is 32.2. The minimum absolute atomic E-state index is 0.119. The third-order valence-electron chi connectivity index (χ3n) is 3.26. The molecule has 0 atom stereocenters. The molecule has 0 fully saturated rings. The lowest BCUT2D eigenvalue weighted by molar-refractivity contribution is 0.353. The van der Waals surface area contributed by atoms with E-state index in [9.17, 15) is 8.42 Å². The van der Waals surface area contributed by atoms with Crippen molar-refractivity contribution in [2.75, 3.05) is 25.6 Å². The molecule has 120 valence electrons. The van der Waals surface area contributed by atoms with Gasteiger partial charge in [-0.05, 0) is 25.5 Å². The van der Waals surface area contributed by atoms with Crippen LogP contribution in [0, 0.1) is 13.8 Å². The van der Waals surface area contributed by atoms with Crippen LogP contribution in [0.15, 0.2) is 27.6 Å². The van der Waals surface area contributed by atoms with Crippen LogP contribution in [0.2, 0.25) is 0 Å². The smallest absolute Gasteiger partial charge is 0.265 e. The van der Waals surface area contributed by atoms with Gasteiger partial charge in [0.15, 0.2) is 17.3 Å². The highest BCUT2D eigenvalue weighted by Crippen LogP contribution is 2.34. The first-order valence-electron chi connectivity index (χ1n) is 6.46. The van der Waals surface area contributed by atoms with E-state index in [0.717, 1.165) is 4.31 Å². The van der Waals surface area contributed by atoms with Gasteiger partial charge in [-0.3, -0.25) is 4.31 Å². The third-order valence-corrected chi connectivity index (χ3v) is 5.16. The molecular weight excluding hydrogens is 308 g/mol. The summed E-state index contributed by atoms with van der Waals surface area (Å²) in [5.74, 6) is 1.56. The van der Waals surface area contributed by atoms with Gasteiger partial charge in [0.05, 0.1) is 19.1 Å². The van der Waals surface area contributed by atoms with Crippen LogP contribution in [0.1, 0.15) is 11.3 Å². The Labute approximate surface area is 129 Å². The summed E-state index contributed by atoms with van der Waals surface area (Å²) in [6, 6.07) is 4.61. The number of nitrogens with zero attached hydrogens (tertiary/aromatic N) is 2. The van der Waals surface area contributed by atoms with E-state index in [-0.39, 0.29) is 10.7 Å². The predicted molar refractivity (Wildman–Crippen MR) is 81.1 cm³/mol. The molecule has 0 aliphatic heterocycles. The van der Waals surface area contributed by atoms with Crippen LogP contribution < -0.4 is 13.8 Å². The zero-order valence-electron chi connectivity index (χ0n) is 13.1. The second-order valence-electron chi connectivity index (χ2n) is 4.74. The maximum Gasteiger partial charge on any atom is 0.265 e. The summed E-state index contributed by atoms with van der Waals surface area (Å²) in [7, 11) is 0.576. The Morgan fingerprint density at radius 2 is 1.68 bits per heavy atom. The molecule has 0 aliphatic rings. The normalized spacial score (nSPS) is 11.3. The van der Waals surface area contributed by atoms with E-state index in [0.29, 0.717) is 22.8 Å². The molecule has 2 aromatic rings. The molecule has 1 aromatic heterocycles. The van der Waals surface area contributed by atoms with Gasteiger partial charge in [-0.2, -0.15) is 0 Å². The predicted octanol–water partition coefficient (Wildman–Crippen LogP) is 2.13. The van der Waals surface area contributed by atoms with Crippen molar-refractivity contribution in [1.29, 1.82) is 0 Å². The summed E-state index contributed by atoms with van der Waals surface area (Å²) in [4.78, 5) is 0.119. The molecular formula is C14H18N2O5S. The zero-order chi connectivity index (χ0) is 16.5. The summed E-state index contributed by atoms with van der Waals surface area (Å²) < 4.78 is 41.9. The Bertz CT molecular complexity index is 783. The molecule has 0 amide bonds. The van der Waals surface area contributed by atoms with Crippen molar-refractivity contribution in [3.63, 3.8) is 0 Å². The summed E-state index contributed by atoms with van der Waals surface area (Å²) in [6.07, 6.45) is 0. The zero-order valence-corrected chi connectivity index (χ0v) is 13.9. The van der Waals surface area contributed by atoms with E-state index < -0.39 is 10.0 Å². The van der Waals surface area contributed by atoms with Crippen molar-refractivity contribution >= 4 is 15.8 Å². The summed E-state index contributed by atoms with van der Waals surface area (Å²) in [5.41, 5.74) is 0.546. The van der Waals surface area contributed by atoms with E-state index in [4.69, 9.17) is 14.0 Å². The second kappa shape index (κ2) is 5.88. The second-order valence-corrected chi connectivity index (χ2v) is 6.68. The number of rotatable bonds is 5. The molecule has 0 bridgehead atoms. The molecule has 0 spiro atoms. The number of sulfonamides is 1. The molecule has 0 saturated carbocycles. The number of aryl methyl sites for hydroxylation is 2. The van der Waals surface area contributed by atoms with Crippen molar-refractivity contribution < 1.29 is 22.4 Å². The molecule has 1 heterocycles. The van der Waals surface area contributed by atoms with Gasteiger partial charge in [-0.25, -0.2) is 8.42 Å². The van der Waals surface area contributed by atoms with Crippen LogP contribution in [0.5, 0.6) is 11.5 Å². The van der Waals surface area contributed by atoms with E-state index in [1.54, 1.807) is 26.0 Å². The highest BCUT2D eigenvalue weighted by Gasteiger charge is 2.27. The minimum Gasteiger partial charge on any atom is -0.493 e. The van der Waals surface area contributed by atoms with Gasteiger partial charge in [0.25, 0.3) is 10.0 Å². The summed E-state index contributed by atoms with van der Waals surface area (Å²) in [6.45, 7) is 3.38. The first-order chi connectivity index (χ1) is 10.3. The van der Waals surface area contributed by atoms with Gasteiger partial charge in [0.2, 0.25) is 0 Å². The average Bonchev–Trinajstić information content (AvgIpc) is 2.92. The Balaban J connectivity index is 2.54. The lowest BCUT2D eigenvalue weighted by Crippen LogP contribution is -2.27. The van der Waals surface area contributed by atoms with Crippen LogP contribution in [-0.2, 0) is 10.0 Å². The fraction of sp³-hybridized carbons (Fsp3) is 0.357. The number of ether oxygens (including phenoxy) is 2. The Kier molecular flexibility index (Phi) is 4.32. The molecule has 22 heavy (non-hydrogen) atoms. The molecule has 0 aliphatic carbocycles. The van der Waals surface area contributed by atoms with Gasteiger partial charge in [0.1, 0.15) is 5.76 Å². The Morgan fingerprint density at radius 3 is 2.18 bits per heavy atom. The first-order valence-corrected chi connectivity index (χ1v) is 7.90. The summed E-state index contributed by atoms with van der Waals surface area (Å²) in [5, 5.41) is 3.73. The molecule has 0 N–H and O–H groups in total. The largest absolute Gasteiger partial charge is 0.493 e. The topological polar surface area (TPSA) is 81.9 Å². The molecule has 1 aromatic carbocycles. The van der Waals surface area contributed by atoms with E-state index in [2.05, 4.69) is 5.16 Å². The van der Waals surface area contributed by atoms with Gasteiger partial charge in [0, 0.05) is 19.2 Å². The van der Waals surface area contributed by atoms with Crippen molar-refractivity contribution in [2.45, 2.75) is 18.7 Å². The maximum absolute atomic E-state index is 12.8. The van der Waals surface area contributed by atoms with Crippen LogP contribution in [-0.4, -0.2) is 34.8 Å². The fourth-order valence-electron chi connectivity index (χ4n) is 2.01. The number of anilines is 1. The lowest BCUT2D eigenvalue weighted by atomic mass is 10.2. The minimum atomic E-state index is -3.79. The van der Waals surface area contributed by atoms with Gasteiger partial charge < -0.3 is 14.0 Å². The molecule has 7 nitrogen and oxygen atoms in total. The van der Waals surface area contributed by atoms with E-state index >= 15 is 0 Å². The Morgan fingerprint density at radius 1 is 1.09 bits per heavy atom. The fourth-order valence-corrected chi connectivity index (χ4v) is 3.36. The average molecular weight is 326 g/mol. The monoisotopic (exact) mass is 326 g/mol. The van der Waals surface area contributed by atoms with Gasteiger partial charge in [-0.1, -0.05) is 5.16 Å². The number of hydrogen-bond donors (Lipinski definition) is 0. The van der Waals surface area contributed by atoms with Gasteiger partial charge in [-0.15, -0.1) is 0 Å². The molecule has 0 unspecified atom stereocenters. The summed E-state index contributed by atoms with van der Waals surface area (Å²) >= 11 is 0.